The number of sulfonamides is 1. The van der Waals surface area contributed by atoms with Crippen LogP contribution in [0.25, 0.3) is 0 Å². The number of carbonyl (C=O) groups is 1. The molecule has 0 spiro atoms. The van der Waals surface area contributed by atoms with Gasteiger partial charge < -0.3 is 10.6 Å². The van der Waals surface area contributed by atoms with E-state index in [0.29, 0.717) is 37.8 Å². The van der Waals surface area contributed by atoms with Crippen LogP contribution in [0, 0.1) is 11.8 Å². The zero-order chi connectivity index (χ0) is 15.7. The Morgan fingerprint density at radius 2 is 2.09 bits per heavy atom. The highest BCUT2D eigenvalue weighted by Gasteiger charge is 2.21. The molecule has 8 heteroatoms. The number of piperidine rings is 1. The molecule has 3 N–H and O–H groups in total. The summed E-state index contributed by atoms with van der Waals surface area (Å²) in [7, 11) is -3.12. The summed E-state index contributed by atoms with van der Waals surface area (Å²) in [5.41, 5.74) is 0. The van der Waals surface area contributed by atoms with Gasteiger partial charge in [0.15, 0.2) is 0 Å². The summed E-state index contributed by atoms with van der Waals surface area (Å²) < 4.78 is 24.9. The Labute approximate surface area is 140 Å². The van der Waals surface area contributed by atoms with Gasteiger partial charge >= 0.3 is 0 Å². The van der Waals surface area contributed by atoms with Crippen LogP contribution in [0.4, 0.5) is 0 Å². The summed E-state index contributed by atoms with van der Waals surface area (Å²) in [6, 6.07) is 0. The number of hydrogen-bond donors (Lipinski definition) is 3. The van der Waals surface area contributed by atoms with Gasteiger partial charge in [-0.25, -0.2) is 13.1 Å². The van der Waals surface area contributed by atoms with Gasteiger partial charge in [-0.05, 0) is 51.1 Å². The van der Waals surface area contributed by atoms with Crippen molar-refractivity contribution in [3.8, 4) is 0 Å². The molecule has 2 unspecified atom stereocenters. The van der Waals surface area contributed by atoms with Crippen molar-refractivity contribution in [2.24, 2.45) is 11.8 Å². The standard InChI is InChI=1S/C14H29N3O3S.ClH/c1-3-21(19,20)17-9-5-8-16-14(18)10-12(2)13-6-4-7-15-11-13;/h12-13,15,17H,3-11H2,1-2H3,(H,16,18);1H. The van der Waals surface area contributed by atoms with Crippen molar-refractivity contribution in [2.75, 3.05) is 31.9 Å². The van der Waals surface area contributed by atoms with Crippen molar-refractivity contribution in [3.05, 3.63) is 0 Å². The van der Waals surface area contributed by atoms with Crippen LogP contribution in [0.1, 0.15) is 39.5 Å². The highest BCUT2D eigenvalue weighted by molar-refractivity contribution is 7.89. The Bertz CT molecular complexity index is 412. The van der Waals surface area contributed by atoms with Crippen molar-refractivity contribution in [3.63, 3.8) is 0 Å². The SMILES string of the molecule is CCS(=O)(=O)NCCCNC(=O)CC(C)C1CCCNC1.Cl. The molecule has 6 nitrogen and oxygen atoms in total. The third kappa shape index (κ3) is 8.92. The van der Waals surface area contributed by atoms with Crippen LogP contribution in [-0.2, 0) is 14.8 Å². The summed E-state index contributed by atoms with van der Waals surface area (Å²) in [6.07, 6.45) is 3.55. The fourth-order valence-corrected chi connectivity index (χ4v) is 3.20. The lowest BCUT2D eigenvalue weighted by molar-refractivity contribution is -0.122. The maximum Gasteiger partial charge on any atom is 0.220 e. The number of halogens is 1. The molecule has 0 aromatic heterocycles. The summed E-state index contributed by atoms with van der Waals surface area (Å²) in [4.78, 5) is 11.8. The molecule has 1 aliphatic rings. The minimum atomic E-state index is -3.12. The molecule has 1 saturated heterocycles. The number of hydrogen-bond acceptors (Lipinski definition) is 4. The highest BCUT2D eigenvalue weighted by Crippen LogP contribution is 2.22. The minimum Gasteiger partial charge on any atom is -0.356 e. The maximum absolute atomic E-state index is 11.8. The van der Waals surface area contributed by atoms with E-state index in [1.165, 1.54) is 12.8 Å². The fraction of sp³-hybridized carbons (Fsp3) is 0.929. The van der Waals surface area contributed by atoms with Gasteiger partial charge in [0.25, 0.3) is 0 Å². The first kappa shape index (κ1) is 21.6. The molecule has 1 amide bonds. The van der Waals surface area contributed by atoms with Crippen molar-refractivity contribution >= 4 is 28.3 Å². The molecule has 0 aromatic rings. The van der Waals surface area contributed by atoms with Crippen LogP contribution in [0.5, 0.6) is 0 Å². The molecule has 2 atom stereocenters. The normalized spacial score (nSPS) is 20.0. The maximum atomic E-state index is 11.8. The van der Waals surface area contributed by atoms with Crippen LogP contribution >= 0.6 is 12.4 Å². The molecule has 0 bridgehead atoms. The van der Waals surface area contributed by atoms with Gasteiger partial charge in [0.05, 0.1) is 5.75 Å². The lowest BCUT2D eigenvalue weighted by Crippen LogP contribution is -2.36. The molecule has 1 fully saturated rings. The molecular formula is C14H30ClN3O3S. The third-order valence-electron chi connectivity index (χ3n) is 4.02. The number of amides is 1. The Kier molecular flexibility index (Phi) is 11.0. The van der Waals surface area contributed by atoms with Gasteiger partial charge in [0.1, 0.15) is 0 Å². The van der Waals surface area contributed by atoms with Crippen molar-refractivity contribution in [1.82, 2.24) is 15.4 Å². The predicted octanol–water partition coefficient (Wildman–Crippen LogP) is 0.880. The average Bonchev–Trinajstić information content (AvgIpc) is 2.47. The lowest BCUT2D eigenvalue weighted by Gasteiger charge is -2.28. The Hall–Kier alpha value is -0.370. The number of carbonyl (C=O) groups excluding carboxylic acids is 1. The molecule has 132 valence electrons. The van der Waals surface area contributed by atoms with E-state index < -0.39 is 10.0 Å². The molecule has 1 rings (SSSR count). The van der Waals surface area contributed by atoms with Crippen molar-refractivity contribution in [1.29, 1.82) is 0 Å². The van der Waals surface area contributed by atoms with E-state index >= 15 is 0 Å². The molecule has 0 saturated carbocycles. The van der Waals surface area contributed by atoms with E-state index in [1.807, 2.05) is 0 Å². The average molecular weight is 356 g/mol. The van der Waals surface area contributed by atoms with Crippen LogP contribution in [-0.4, -0.2) is 46.3 Å². The lowest BCUT2D eigenvalue weighted by atomic mass is 9.85. The van der Waals surface area contributed by atoms with E-state index in [2.05, 4.69) is 22.3 Å². The van der Waals surface area contributed by atoms with E-state index in [4.69, 9.17) is 0 Å². The second kappa shape index (κ2) is 11.2. The van der Waals surface area contributed by atoms with Gasteiger partial charge in [0.2, 0.25) is 15.9 Å². The van der Waals surface area contributed by atoms with Crippen molar-refractivity contribution in [2.45, 2.75) is 39.5 Å². The first-order valence-corrected chi connectivity index (χ1v) is 9.54. The molecule has 1 heterocycles. The fourth-order valence-electron chi connectivity index (χ4n) is 2.54. The van der Waals surface area contributed by atoms with Gasteiger partial charge in [-0.15, -0.1) is 12.4 Å². The van der Waals surface area contributed by atoms with Gasteiger partial charge in [-0.1, -0.05) is 6.92 Å². The van der Waals surface area contributed by atoms with E-state index in [0.717, 1.165) is 13.1 Å². The van der Waals surface area contributed by atoms with E-state index in [1.54, 1.807) is 6.92 Å². The Balaban J connectivity index is 0.00000441. The third-order valence-corrected chi connectivity index (χ3v) is 5.43. The number of rotatable bonds is 9. The zero-order valence-corrected chi connectivity index (χ0v) is 15.2. The van der Waals surface area contributed by atoms with E-state index in [9.17, 15) is 13.2 Å². The molecule has 1 aliphatic heterocycles. The smallest absolute Gasteiger partial charge is 0.220 e. The Morgan fingerprint density at radius 3 is 2.68 bits per heavy atom. The van der Waals surface area contributed by atoms with Crippen LogP contribution in [0.3, 0.4) is 0 Å². The molecule has 0 aromatic carbocycles. The second-order valence-corrected chi connectivity index (χ2v) is 7.88. The topological polar surface area (TPSA) is 87.3 Å². The number of nitrogens with one attached hydrogen (secondary N) is 3. The monoisotopic (exact) mass is 355 g/mol. The van der Waals surface area contributed by atoms with Gasteiger partial charge in [-0.3, -0.25) is 4.79 Å². The van der Waals surface area contributed by atoms with Crippen molar-refractivity contribution < 1.29 is 13.2 Å². The summed E-state index contributed by atoms with van der Waals surface area (Å²) in [6.45, 7) is 6.72. The molecule has 0 aliphatic carbocycles. The molecular weight excluding hydrogens is 326 g/mol. The first-order valence-electron chi connectivity index (χ1n) is 7.89. The Morgan fingerprint density at radius 1 is 1.36 bits per heavy atom. The minimum absolute atomic E-state index is 0. The predicted molar refractivity (Wildman–Crippen MR) is 91.7 cm³/mol. The van der Waals surface area contributed by atoms with Gasteiger partial charge in [-0.2, -0.15) is 0 Å². The first-order chi connectivity index (χ1) is 9.94. The quantitative estimate of drug-likeness (QED) is 0.536. The molecule has 22 heavy (non-hydrogen) atoms. The van der Waals surface area contributed by atoms with Gasteiger partial charge in [0, 0.05) is 19.5 Å². The van der Waals surface area contributed by atoms with Crippen LogP contribution < -0.4 is 15.4 Å². The molecule has 0 radical (unpaired) electrons. The summed E-state index contributed by atoms with van der Waals surface area (Å²) in [5, 5.41) is 6.23. The summed E-state index contributed by atoms with van der Waals surface area (Å²) >= 11 is 0. The van der Waals surface area contributed by atoms with E-state index in [-0.39, 0.29) is 24.1 Å². The second-order valence-electron chi connectivity index (χ2n) is 5.79. The zero-order valence-electron chi connectivity index (χ0n) is 13.6. The highest BCUT2D eigenvalue weighted by atomic mass is 35.5. The largest absolute Gasteiger partial charge is 0.356 e. The van der Waals surface area contributed by atoms with Crippen LogP contribution in [0.2, 0.25) is 0 Å². The van der Waals surface area contributed by atoms with Crippen LogP contribution in [0.15, 0.2) is 0 Å². The summed E-state index contributed by atoms with van der Waals surface area (Å²) in [5.74, 6) is 1.12.